The van der Waals surface area contributed by atoms with Crippen LogP contribution in [-0.4, -0.2) is 33.6 Å². The van der Waals surface area contributed by atoms with E-state index in [1.54, 1.807) is 24.2 Å². The van der Waals surface area contributed by atoms with Gasteiger partial charge in [0.15, 0.2) is 0 Å². The van der Waals surface area contributed by atoms with E-state index in [2.05, 4.69) is 10.3 Å². The minimum atomic E-state index is -0.126. The lowest BCUT2D eigenvalue weighted by Gasteiger charge is -2.11. The number of rotatable bonds is 3. The van der Waals surface area contributed by atoms with Crippen molar-refractivity contribution in [1.82, 2.24) is 14.9 Å². The molecule has 0 radical (unpaired) electrons. The van der Waals surface area contributed by atoms with E-state index in [1.807, 2.05) is 13.2 Å². The molecule has 1 rings (SSSR count). The van der Waals surface area contributed by atoms with Crippen LogP contribution in [0.25, 0.3) is 0 Å². The number of hydrogen-bond acceptors (Lipinski definition) is 3. The van der Waals surface area contributed by atoms with Crippen molar-refractivity contribution < 1.29 is 4.79 Å². The molecule has 0 fully saturated rings. The Morgan fingerprint density at radius 3 is 3.08 bits per heavy atom. The lowest BCUT2D eigenvalue weighted by Crippen LogP contribution is -2.36. The van der Waals surface area contributed by atoms with Crippen LogP contribution < -0.4 is 5.32 Å². The summed E-state index contributed by atoms with van der Waals surface area (Å²) in [6.45, 7) is 1.98. The number of carbonyl (C=O) groups is 1. The van der Waals surface area contributed by atoms with Crippen LogP contribution in [0.3, 0.4) is 0 Å². The lowest BCUT2D eigenvalue weighted by atomic mass is 10.4. The summed E-state index contributed by atoms with van der Waals surface area (Å²) in [6.07, 6.45) is 6.71. The Morgan fingerprint density at radius 1 is 1.77 bits per heavy atom. The summed E-state index contributed by atoms with van der Waals surface area (Å²) in [5.41, 5.74) is 0. The van der Waals surface area contributed by atoms with Gasteiger partial charge in [-0.1, -0.05) is 0 Å². The summed E-state index contributed by atoms with van der Waals surface area (Å²) in [5, 5.41) is 2.85. The van der Waals surface area contributed by atoms with E-state index < -0.39 is 0 Å². The quantitative estimate of drug-likeness (QED) is 0.795. The molecular weight excluding hydrogens is 186 g/mol. The van der Waals surface area contributed by atoms with Crippen molar-refractivity contribution in [2.75, 3.05) is 12.0 Å². The smallest absolute Gasteiger partial charge is 0.327 e. The Hall–Kier alpha value is -0.970. The maximum atomic E-state index is 11.4. The molecule has 72 valence electrons. The van der Waals surface area contributed by atoms with E-state index in [9.17, 15) is 4.79 Å². The average molecular weight is 199 g/mol. The molecule has 0 saturated carbocycles. The van der Waals surface area contributed by atoms with Crippen molar-refractivity contribution in [3.63, 3.8) is 0 Å². The molecule has 0 spiro atoms. The van der Waals surface area contributed by atoms with E-state index in [4.69, 9.17) is 0 Å². The van der Waals surface area contributed by atoms with Crippen LogP contribution in [0.4, 0.5) is 4.79 Å². The van der Waals surface area contributed by atoms with Crippen molar-refractivity contribution in [2.45, 2.75) is 13.0 Å². The van der Waals surface area contributed by atoms with Crippen LogP contribution in [0.2, 0.25) is 0 Å². The number of thioether (sulfide) groups is 1. The molecule has 1 unspecified atom stereocenters. The Kier molecular flexibility index (Phi) is 3.82. The van der Waals surface area contributed by atoms with Crippen molar-refractivity contribution in [2.24, 2.45) is 0 Å². The standard InChI is InChI=1S/C8H13N3OS/c1-7(5-13-2)10-8(12)11-4-3-9-6-11/h3-4,6-7H,5H2,1-2H3,(H,10,12). The van der Waals surface area contributed by atoms with Crippen molar-refractivity contribution in [3.05, 3.63) is 18.7 Å². The minimum Gasteiger partial charge on any atom is -0.334 e. The van der Waals surface area contributed by atoms with Crippen molar-refractivity contribution in [1.29, 1.82) is 0 Å². The van der Waals surface area contributed by atoms with Gasteiger partial charge in [-0.2, -0.15) is 11.8 Å². The largest absolute Gasteiger partial charge is 0.334 e. The van der Waals surface area contributed by atoms with Crippen molar-refractivity contribution in [3.8, 4) is 0 Å². The third-order valence-corrected chi connectivity index (χ3v) is 2.36. The molecule has 0 bridgehead atoms. The van der Waals surface area contributed by atoms with Crippen LogP contribution >= 0.6 is 11.8 Å². The van der Waals surface area contributed by atoms with Gasteiger partial charge in [0.05, 0.1) is 0 Å². The van der Waals surface area contributed by atoms with Crippen LogP contribution in [-0.2, 0) is 0 Å². The summed E-state index contributed by atoms with van der Waals surface area (Å²) >= 11 is 1.71. The number of nitrogens with zero attached hydrogens (tertiary/aromatic N) is 2. The van der Waals surface area contributed by atoms with Crippen LogP contribution in [0.1, 0.15) is 6.92 Å². The van der Waals surface area contributed by atoms with Gasteiger partial charge in [-0.25, -0.2) is 9.78 Å². The summed E-state index contributed by atoms with van der Waals surface area (Å²) < 4.78 is 1.43. The molecule has 1 amide bonds. The molecular formula is C8H13N3OS. The number of imidazole rings is 1. The van der Waals surface area contributed by atoms with Gasteiger partial charge in [0.1, 0.15) is 6.33 Å². The second kappa shape index (κ2) is 4.91. The number of aromatic nitrogens is 2. The number of hydrogen-bond donors (Lipinski definition) is 1. The van der Waals surface area contributed by atoms with Gasteiger partial charge in [-0.15, -0.1) is 0 Å². The molecule has 1 aromatic rings. The van der Waals surface area contributed by atoms with Gasteiger partial charge in [0.2, 0.25) is 0 Å². The number of carbonyl (C=O) groups excluding carboxylic acids is 1. The average Bonchev–Trinajstić information content (AvgIpc) is 2.55. The fraction of sp³-hybridized carbons (Fsp3) is 0.500. The first-order chi connectivity index (χ1) is 6.24. The summed E-state index contributed by atoms with van der Waals surface area (Å²) in [4.78, 5) is 15.2. The van der Waals surface area contributed by atoms with E-state index >= 15 is 0 Å². The highest BCUT2D eigenvalue weighted by molar-refractivity contribution is 7.98. The highest BCUT2D eigenvalue weighted by Gasteiger charge is 2.06. The fourth-order valence-electron chi connectivity index (χ4n) is 0.956. The second-order valence-electron chi connectivity index (χ2n) is 2.78. The zero-order chi connectivity index (χ0) is 9.68. The first kappa shape index (κ1) is 10.1. The zero-order valence-corrected chi connectivity index (χ0v) is 8.54. The molecule has 1 heterocycles. The van der Waals surface area contributed by atoms with Gasteiger partial charge in [-0.05, 0) is 13.2 Å². The molecule has 1 aromatic heterocycles. The third-order valence-electron chi connectivity index (χ3n) is 1.53. The minimum absolute atomic E-state index is 0.126. The SMILES string of the molecule is CSCC(C)NC(=O)n1ccnc1. The molecule has 0 aliphatic heterocycles. The number of amides is 1. The van der Waals surface area contributed by atoms with E-state index in [0.29, 0.717) is 0 Å². The Labute approximate surface area is 81.7 Å². The Balaban J connectivity index is 2.42. The van der Waals surface area contributed by atoms with Gasteiger partial charge in [0, 0.05) is 24.2 Å². The normalized spacial score (nSPS) is 12.5. The van der Waals surface area contributed by atoms with Gasteiger partial charge in [-0.3, -0.25) is 4.57 Å². The van der Waals surface area contributed by atoms with Crippen molar-refractivity contribution >= 4 is 17.8 Å². The van der Waals surface area contributed by atoms with E-state index in [0.717, 1.165) is 5.75 Å². The van der Waals surface area contributed by atoms with Gasteiger partial charge in [0.25, 0.3) is 0 Å². The van der Waals surface area contributed by atoms with Gasteiger partial charge >= 0.3 is 6.03 Å². The lowest BCUT2D eigenvalue weighted by molar-refractivity contribution is 0.240. The second-order valence-corrected chi connectivity index (χ2v) is 3.69. The highest BCUT2D eigenvalue weighted by atomic mass is 32.2. The van der Waals surface area contributed by atoms with E-state index in [-0.39, 0.29) is 12.1 Å². The van der Waals surface area contributed by atoms with Crippen LogP contribution in [0.15, 0.2) is 18.7 Å². The monoisotopic (exact) mass is 199 g/mol. The molecule has 0 aliphatic carbocycles. The maximum absolute atomic E-state index is 11.4. The van der Waals surface area contributed by atoms with Crippen LogP contribution in [0, 0.1) is 0 Å². The molecule has 1 N–H and O–H groups in total. The Morgan fingerprint density at radius 2 is 2.54 bits per heavy atom. The summed E-state index contributed by atoms with van der Waals surface area (Å²) in [5.74, 6) is 0.917. The summed E-state index contributed by atoms with van der Waals surface area (Å²) in [6, 6.07) is 0.0592. The molecule has 13 heavy (non-hydrogen) atoms. The topological polar surface area (TPSA) is 46.9 Å². The maximum Gasteiger partial charge on any atom is 0.327 e. The van der Waals surface area contributed by atoms with Gasteiger partial charge < -0.3 is 5.32 Å². The molecule has 1 atom stereocenters. The first-order valence-corrected chi connectivity index (χ1v) is 5.41. The van der Waals surface area contributed by atoms with E-state index in [1.165, 1.54) is 10.9 Å². The predicted octanol–water partition coefficient (Wildman–Crippen LogP) is 1.19. The highest BCUT2D eigenvalue weighted by Crippen LogP contribution is 1.96. The molecule has 0 aliphatic rings. The molecule has 5 heteroatoms. The Bertz CT molecular complexity index is 260. The molecule has 0 saturated heterocycles. The molecule has 4 nitrogen and oxygen atoms in total. The zero-order valence-electron chi connectivity index (χ0n) is 7.73. The molecule has 0 aromatic carbocycles. The van der Waals surface area contributed by atoms with Crippen LogP contribution in [0.5, 0.6) is 0 Å². The first-order valence-electron chi connectivity index (χ1n) is 4.02. The summed E-state index contributed by atoms with van der Waals surface area (Å²) in [7, 11) is 0. The number of nitrogens with one attached hydrogen (secondary N) is 1. The fourth-order valence-corrected chi connectivity index (χ4v) is 1.54. The predicted molar refractivity (Wildman–Crippen MR) is 54.0 cm³/mol. The third kappa shape index (κ3) is 3.10.